The van der Waals surface area contributed by atoms with Crippen LogP contribution in [0.15, 0.2) is 16.8 Å². The predicted octanol–water partition coefficient (Wildman–Crippen LogP) is 3.73. The van der Waals surface area contributed by atoms with Gasteiger partial charge in [-0.1, -0.05) is 18.5 Å². The number of aryl methyl sites for hydroxylation is 1. The van der Waals surface area contributed by atoms with Crippen LogP contribution in [0.1, 0.15) is 18.3 Å². The molecule has 0 saturated carbocycles. The van der Waals surface area contributed by atoms with E-state index in [-0.39, 0.29) is 0 Å². The third-order valence-electron chi connectivity index (χ3n) is 2.24. The lowest BCUT2D eigenvalue weighted by Crippen LogP contribution is -1.98. The first-order chi connectivity index (χ1) is 7.22. The first-order valence-corrected chi connectivity index (χ1v) is 6.10. The zero-order chi connectivity index (χ0) is 10.8. The van der Waals surface area contributed by atoms with Crippen molar-refractivity contribution >= 4 is 22.9 Å². The first kappa shape index (κ1) is 10.6. The van der Waals surface area contributed by atoms with Crippen LogP contribution in [0.5, 0.6) is 0 Å². The van der Waals surface area contributed by atoms with Crippen molar-refractivity contribution < 1.29 is 0 Å². The number of hydrogen-bond acceptors (Lipinski definition) is 3. The van der Waals surface area contributed by atoms with Gasteiger partial charge in [-0.25, -0.2) is 9.97 Å². The van der Waals surface area contributed by atoms with E-state index in [9.17, 15) is 0 Å². The summed E-state index contributed by atoms with van der Waals surface area (Å²) in [6.07, 6.45) is 0.803. The van der Waals surface area contributed by atoms with Crippen LogP contribution < -0.4 is 0 Å². The molecule has 0 aliphatic carbocycles. The van der Waals surface area contributed by atoms with Gasteiger partial charge >= 0.3 is 0 Å². The van der Waals surface area contributed by atoms with Gasteiger partial charge in [-0.05, 0) is 18.4 Å². The SMILES string of the molecule is CCc1nc(Cl)c(C)c(-c2ccsc2)n1. The molecule has 2 nitrogen and oxygen atoms in total. The summed E-state index contributed by atoms with van der Waals surface area (Å²) in [7, 11) is 0. The fourth-order valence-corrected chi connectivity index (χ4v) is 2.20. The molecule has 2 aromatic rings. The maximum absolute atomic E-state index is 6.07. The predicted molar refractivity (Wildman–Crippen MR) is 64.5 cm³/mol. The Labute approximate surface area is 98.0 Å². The van der Waals surface area contributed by atoms with E-state index in [1.807, 2.05) is 19.2 Å². The largest absolute Gasteiger partial charge is 0.233 e. The topological polar surface area (TPSA) is 25.8 Å². The second kappa shape index (κ2) is 4.29. The molecule has 78 valence electrons. The smallest absolute Gasteiger partial charge is 0.136 e. The fraction of sp³-hybridized carbons (Fsp3) is 0.273. The summed E-state index contributed by atoms with van der Waals surface area (Å²) in [5.74, 6) is 0.798. The molecule has 15 heavy (non-hydrogen) atoms. The van der Waals surface area contributed by atoms with Gasteiger partial charge in [0, 0.05) is 22.9 Å². The normalized spacial score (nSPS) is 10.6. The van der Waals surface area contributed by atoms with Crippen molar-refractivity contribution in [1.82, 2.24) is 9.97 Å². The van der Waals surface area contributed by atoms with Gasteiger partial charge in [-0.15, -0.1) is 0 Å². The highest BCUT2D eigenvalue weighted by Crippen LogP contribution is 2.27. The molecular formula is C11H11ClN2S. The lowest BCUT2D eigenvalue weighted by atomic mass is 10.1. The summed E-state index contributed by atoms with van der Waals surface area (Å²) in [4.78, 5) is 8.72. The van der Waals surface area contributed by atoms with E-state index >= 15 is 0 Å². The molecular weight excluding hydrogens is 228 g/mol. The third kappa shape index (κ3) is 2.03. The summed E-state index contributed by atoms with van der Waals surface area (Å²) in [5, 5.41) is 4.67. The van der Waals surface area contributed by atoms with Gasteiger partial charge in [0.25, 0.3) is 0 Å². The Bertz CT molecular complexity index is 466. The van der Waals surface area contributed by atoms with Crippen LogP contribution in [-0.2, 0) is 6.42 Å². The molecule has 0 N–H and O–H groups in total. The van der Waals surface area contributed by atoms with Crippen LogP contribution in [0.25, 0.3) is 11.3 Å². The van der Waals surface area contributed by atoms with Crippen molar-refractivity contribution in [3.8, 4) is 11.3 Å². The van der Waals surface area contributed by atoms with Crippen LogP contribution in [0.3, 0.4) is 0 Å². The molecule has 0 radical (unpaired) electrons. The summed E-state index contributed by atoms with van der Waals surface area (Å²) < 4.78 is 0. The van der Waals surface area contributed by atoms with Crippen LogP contribution in [0.2, 0.25) is 5.15 Å². The molecule has 0 aliphatic heterocycles. The van der Waals surface area contributed by atoms with Crippen molar-refractivity contribution in [1.29, 1.82) is 0 Å². The number of aromatic nitrogens is 2. The Kier molecular flexibility index (Phi) is 3.03. The molecule has 0 saturated heterocycles. The molecule has 0 unspecified atom stereocenters. The molecule has 0 aromatic carbocycles. The summed E-state index contributed by atoms with van der Waals surface area (Å²) in [6.45, 7) is 3.98. The van der Waals surface area contributed by atoms with Crippen molar-refractivity contribution in [3.05, 3.63) is 33.4 Å². The average Bonchev–Trinajstić information content (AvgIpc) is 2.75. The maximum Gasteiger partial charge on any atom is 0.136 e. The Morgan fingerprint density at radius 3 is 2.80 bits per heavy atom. The van der Waals surface area contributed by atoms with Crippen LogP contribution in [0, 0.1) is 6.92 Å². The average molecular weight is 239 g/mol. The Hall–Kier alpha value is -0.930. The molecule has 2 aromatic heterocycles. The number of rotatable bonds is 2. The van der Waals surface area contributed by atoms with Gasteiger partial charge in [-0.2, -0.15) is 11.3 Å². The minimum atomic E-state index is 0.558. The maximum atomic E-state index is 6.07. The highest BCUT2D eigenvalue weighted by Gasteiger charge is 2.10. The van der Waals surface area contributed by atoms with Gasteiger partial charge in [-0.3, -0.25) is 0 Å². The summed E-state index contributed by atoms with van der Waals surface area (Å²) in [6, 6.07) is 2.05. The van der Waals surface area contributed by atoms with Crippen LogP contribution in [-0.4, -0.2) is 9.97 Å². The van der Waals surface area contributed by atoms with Gasteiger partial charge < -0.3 is 0 Å². The van der Waals surface area contributed by atoms with E-state index < -0.39 is 0 Å². The zero-order valence-electron chi connectivity index (χ0n) is 8.62. The fourth-order valence-electron chi connectivity index (χ4n) is 1.37. The number of nitrogens with zero attached hydrogens (tertiary/aromatic N) is 2. The Morgan fingerprint density at radius 2 is 2.20 bits per heavy atom. The lowest BCUT2D eigenvalue weighted by molar-refractivity contribution is 0.934. The molecule has 4 heteroatoms. The van der Waals surface area contributed by atoms with Crippen LogP contribution >= 0.6 is 22.9 Å². The van der Waals surface area contributed by atoms with Gasteiger partial charge in [0.2, 0.25) is 0 Å². The Morgan fingerprint density at radius 1 is 1.40 bits per heavy atom. The molecule has 0 spiro atoms. The van der Waals surface area contributed by atoms with Gasteiger partial charge in [0.1, 0.15) is 11.0 Å². The molecule has 0 fully saturated rings. The van der Waals surface area contributed by atoms with Crippen molar-refractivity contribution in [2.45, 2.75) is 20.3 Å². The van der Waals surface area contributed by atoms with Gasteiger partial charge in [0.05, 0.1) is 5.69 Å². The first-order valence-electron chi connectivity index (χ1n) is 4.78. The highest BCUT2D eigenvalue weighted by atomic mass is 35.5. The van der Waals surface area contributed by atoms with E-state index in [2.05, 4.69) is 21.4 Å². The van der Waals surface area contributed by atoms with E-state index in [1.54, 1.807) is 11.3 Å². The van der Waals surface area contributed by atoms with Crippen molar-refractivity contribution in [3.63, 3.8) is 0 Å². The van der Waals surface area contributed by atoms with E-state index in [0.717, 1.165) is 29.1 Å². The monoisotopic (exact) mass is 238 g/mol. The van der Waals surface area contributed by atoms with Crippen molar-refractivity contribution in [2.24, 2.45) is 0 Å². The second-order valence-electron chi connectivity index (χ2n) is 3.27. The number of hydrogen-bond donors (Lipinski definition) is 0. The molecule has 2 rings (SSSR count). The third-order valence-corrected chi connectivity index (χ3v) is 3.29. The lowest BCUT2D eigenvalue weighted by Gasteiger charge is -2.06. The molecule has 0 amide bonds. The van der Waals surface area contributed by atoms with E-state index in [4.69, 9.17) is 11.6 Å². The molecule has 0 bridgehead atoms. The number of halogens is 1. The minimum absolute atomic E-state index is 0.558. The summed E-state index contributed by atoms with van der Waals surface area (Å²) in [5.41, 5.74) is 3.02. The van der Waals surface area contributed by atoms with E-state index in [0.29, 0.717) is 5.15 Å². The number of thiophene rings is 1. The highest BCUT2D eigenvalue weighted by molar-refractivity contribution is 7.08. The Balaban J connectivity index is 2.60. The summed E-state index contributed by atoms with van der Waals surface area (Å²) >= 11 is 7.73. The molecule has 2 heterocycles. The quantitative estimate of drug-likeness (QED) is 0.745. The van der Waals surface area contributed by atoms with E-state index in [1.165, 1.54) is 0 Å². The second-order valence-corrected chi connectivity index (χ2v) is 4.41. The van der Waals surface area contributed by atoms with Crippen LogP contribution in [0.4, 0.5) is 0 Å². The van der Waals surface area contributed by atoms with Crippen molar-refractivity contribution in [2.75, 3.05) is 0 Å². The molecule has 0 atom stereocenters. The molecule has 0 aliphatic rings. The van der Waals surface area contributed by atoms with Gasteiger partial charge in [0.15, 0.2) is 0 Å². The standard InChI is InChI=1S/C11H11ClN2S/c1-3-9-13-10(7(2)11(12)14-9)8-4-5-15-6-8/h4-6H,3H2,1-2H3. The minimum Gasteiger partial charge on any atom is -0.233 e. The zero-order valence-corrected chi connectivity index (χ0v) is 10.2.